The molecule has 2 rings (SSSR count). The summed E-state index contributed by atoms with van der Waals surface area (Å²) >= 11 is 7.66. The van der Waals surface area contributed by atoms with Crippen LogP contribution in [0.5, 0.6) is 0 Å². The fourth-order valence-corrected chi connectivity index (χ4v) is 4.83. The maximum absolute atomic E-state index is 11.9. The first-order chi connectivity index (χ1) is 8.93. The summed E-state index contributed by atoms with van der Waals surface area (Å²) in [7, 11) is -3.23. The number of aromatic nitrogens is 2. The molecule has 106 valence electrons. The van der Waals surface area contributed by atoms with Gasteiger partial charge in [-0.3, -0.25) is 5.43 Å². The summed E-state index contributed by atoms with van der Waals surface area (Å²) in [5.74, 6) is 7.16. The van der Waals surface area contributed by atoms with Gasteiger partial charge in [-0.05, 0) is 0 Å². The van der Waals surface area contributed by atoms with Gasteiger partial charge in [-0.15, -0.1) is 0 Å². The molecule has 0 bridgehead atoms. The number of hydrogen-bond acceptors (Lipinski definition) is 8. The highest BCUT2D eigenvalue weighted by atomic mass is 35.5. The van der Waals surface area contributed by atoms with E-state index < -0.39 is 15.2 Å². The Kier molecular flexibility index (Phi) is 4.39. The Labute approximate surface area is 120 Å². The van der Waals surface area contributed by atoms with E-state index in [2.05, 4.69) is 15.4 Å². The zero-order valence-electron chi connectivity index (χ0n) is 10.2. The molecule has 2 heterocycles. The molecule has 3 N–H and O–H groups in total. The van der Waals surface area contributed by atoms with Crippen molar-refractivity contribution in [3.8, 4) is 0 Å². The Morgan fingerprint density at radius 1 is 1.63 bits per heavy atom. The van der Waals surface area contributed by atoms with Gasteiger partial charge in [0.2, 0.25) is 5.95 Å². The first-order valence-electron chi connectivity index (χ1n) is 5.46. The van der Waals surface area contributed by atoms with Crippen LogP contribution in [0.1, 0.15) is 0 Å². The molecule has 19 heavy (non-hydrogen) atoms. The van der Waals surface area contributed by atoms with E-state index >= 15 is 0 Å². The van der Waals surface area contributed by atoms with Crippen molar-refractivity contribution >= 4 is 45.0 Å². The highest BCUT2D eigenvalue weighted by Gasteiger charge is 2.33. The second-order valence-corrected chi connectivity index (χ2v) is 7.82. The third-order valence-electron chi connectivity index (χ3n) is 2.71. The van der Waals surface area contributed by atoms with Gasteiger partial charge < -0.3 is 4.90 Å². The number of rotatable bonds is 3. The molecule has 1 aliphatic heterocycles. The van der Waals surface area contributed by atoms with Gasteiger partial charge in [0.1, 0.15) is 10.4 Å². The summed E-state index contributed by atoms with van der Waals surface area (Å²) in [5.41, 5.74) is 2.33. The van der Waals surface area contributed by atoms with Crippen molar-refractivity contribution in [2.24, 2.45) is 5.84 Å². The molecule has 0 aromatic carbocycles. The van der Waals surface area contributed by atoms with Crippen LogP contribution in [0.3, 0.4) is 0 Å². The molecular formula is C9H14ClN5O2S2. The Morgan fingerprint density at radius 3 is 3.00 bits per heavy atom. The third-order valence-corrected chi connectivity index (χ3v) is 5.62. The zero-order chi connectivity index (χ0) is 14.0. The molecule has 1 aliphatic rings. The Balaban J connectivity index is 2.42. The van der Waals surface area contributed by atoms with Crippen LogP contribution in [0, 0.1) is 0 Å². The second-order valence-electron chi connectivity index (χ2n) is 4.06. The molecule has 0 spiro atoms. The molecule has 1 saturated heterocycles. The van der Waals surface area contributed by atoms with E-state index in [0.717, 1.165) is 5.75 Å². The van der Waals surface area contributed by atoms with Crippen LogP contribution in [0.15, 0.2) is 6.20 Å². The van der Waals surface area contributed by atoms with E-state index in [0.29, 0.717) is 23.1 Å². The highest BCUT2D eigenvalue weighted by molar-refractivity contribution is 8.01. The van der Waals surface area contributed by atoms with Gasteiger partial charge in [-0.25, -0.2) is 19.2 Å². The smallest absolute Gasteiger partial charge is 0.239 e. The van der Waals surface area contributed by atoms with Crippen molar-refractivity contribution < 1.29 is 8.42 Å². The lowest BCUT2D eigenvalue weighted by Gasteiger charge is -2.35. The van der Waals surface area contributed by atoms with E-state index in [1.807, 2.05) is 0 Å². The maximum Gasteiger partial charge on any atom is 0.239 e. The fraction of sp³-hybridized carbons (Fsp3) is 0.556. The summed E-state index contributed by atoms with van der Waals surface area (Å²) in [6, 6.07) is 0. The number of sulfone groups is 1. The average Bonchev–Trinajstić information content (AvgIpc) is 2.38. The van der Waals surface area contributed by atoms with Crippen LogP contribution in [-0.4, -0.2) is 48.1 Å². The van der Waals surface area contributed by atoms with Gasteiger partial charge in [0.15, 0.2) is 15.7 Å². The van der Waals surface area contributed by atoms with Crippen molar-refractivity contribution in [2.75, 3.05) is 34.6 Å². The molecule has 1 aromatic heterocycles. The van der Waals surface area contributed by atoms with Gasteiger partial charge in [0.05, 0.1) is 6.20 Å². The van der Waals surface area contributed by atoms with E-state index in [1.165, 1.54) is 12.5 Å². The predicted molar refractivity (Wildman–Crippen MR) is 78.2 cm³/mol. The van der Waals surface area contributed by atoms with Crippen LogP contribution in [0.2, 0.25) is 5.02 Å². The van der Waals surface area contributed by atoms with Crippen LogP contribution >= 0.6 is 23.4 Å². The number of hydrogen-bond donors (Lipinski definition) is 2. The number of nitrogens with two attached hydrogens (primary N) is 1. The van der Waals surface area contributed by atoms with Gasteiger partial charge >= 0.3 is 0 Å². The molecule has 0 saturated carbocycles. The lowest BCUT2D eigenvalue weighted by atomic mass is 10.4. The third kappa shape index (κ3) is 3.22. The minimum atomic E-state index is -3.23. The van der Waals surface area contributed by atoms with E-state index in [-0.39, 0.29) is 5.95 Å². The minimum Gasteiger partial charge on any atom is -0.337 e. The molecular weight excluding hydrogens is 310 g/mol. The molecule has 0 radical (unpaired) electrons. The van der Waals surface area contributed by atoms with Crippen molar-refractivity contribution in [1.82, 2.24) is 9.97 Å². The summed E-state index contributed by atoms with van der Waals surface area (Å²) in [6.07, 6.45) is 2.62. The maximum atomic E-state index is 11.9. The zero-order valence-corrected chi connectivity index (χ0v) is 12.6. The molecule has 10 heteroatoms. The van der Waals surface area contributed by atoms with Crippen molar-refractivity contribution in [1.29, 1.82) is 0 Å². The van der Waals surface area contributed by atoms with Gasteiger partial charge in [-0.2, -0.15) is 16.7 Å². The molecule has 1 atom stereocenters. The molecule has 1 unspecified atom stereocenters. The largest absolute Gasteiger partial charge is 0.337 e. The van der Waals surface area contributed by atoms with E-state index in [4.69, 9.17) is 17.4 Å². The topological polar surface area (TPSA) is 101 Å². The predicted octanol–water partition coefficient (Wildman–Crippen LogP) is 0.339. The number of anilines is 2. The summed E-state index contributed by atoms with van der Waals surface area (Å²) in [4.78, 5) is 9.72. The second kappa shape index (κ2) is 5.70. The van der Waals surface area contributed by atoms with Crippen LogP contribution < -0.4 is 16.2 Å². The quantitative estimate of drug-likeness (QED) is 0.606. The van der Waals surface area contributed by atoms with Crippen LogP contribution in [0.4, 0.5) is 11.8 Å². The number of hydrazine groups is 1. The summed E-state index contributed by atoms with van der Waals surface area (Å²) < 4.78 is 23.7. The SMILES string of the molecule is CS(=O)(=O)C1CSCCN1c1nc(NN)ncc1Cl. The van der Waals surface area contributed by atoms with E-state index in [9.17, 15) is 8.42 Å². The van der Waals surface area contributed by atoms with Gasteiger partial charge in [-0.1, -0.05) is 11.6 Å². The van der Waals surface area contributed by atoms with Gasteiger partial charge in [0.25, 0.3) is 0 Å². The number of nitrogen functional groups attached to an aromatic ring is 1. The summed E-state index contributed by atoms with van der Waals surface area (Å²) in [5, 5.41) is -0.330. The Bertz CT molecular complexity index is 568. The molecule has 7 nitrogen and oxygen atoms in total. The molecule has 0 aliphatic carbocycles. The van der Waals surface area contributed by atoms with Crippen molar-refractivity contribution in [3.05, 3.63) is 11.2 Å². The lowest BCUT2D eigenvalue weighted by molar-refractivity contribution is 0.583. The van der Waals surface area contributed by atoms with Crippen molar-refractivity contribution in [3.63, 3.8) is 0 Å². The Morgan fingerprint density at radius 2 is 2.37 bits per heavy atom. The lowest BCUT2D eigenvalue weighted by Crippen LogP contribution is -2.47. The monoisotopic (exact) mass is 323 g/mol. The van der Waals surface area contributed by atoms with Crippen LogP contribution in [-0.2, 0) is 9.84 Å². The molecule has 1 aromatic rings. The van der Waals surface area contributed by atoms with Crippen molar-refractivity contribution in [2.45, 2.75) is 5.37 Å². The first kappa shape index (κ1) is 14.6. The molecule has 1 fully saturated rings. The molecule has 0 amide bonds. The number of halogens is 1. The average molecular weight is 324 g/mol. The number of nitrogens with one attached hydrogen (secondary N) is 1. The van der Waals surface area contributed by atoms with E-state index in [1.54, 1.807) is 16.7 Å². The van der Waals surface area contributed by atoms with Gasteiger partial charge in [0, 0.05) is 24.3 Å². The number of thioether (sulfide) groups is 1. The highest BCUT2D eigenvalue weighted by Crippen LogP contribution is 2.30. The summed E-state index contributed by atoms with van der Waals surface area (Å²) in [6.45, 7) is 0.559. The number of nitrogens with zero attached hydrogens (tertiary/aromatic N) is 3. The minimum absolute atomic E-state index is 0.199. The Hall–Kier alpha value is -0.770. The standard InChI is InChI=1S/C9H14ClN5O2S2/c1-19(16,17)7-5-18-3-2-15(7)8-6(10)4-12-9(13-8)14-11/h4,7H,2-3,5,11H2,1H3,(H,12,13,14). The van der Waals surface area contributed by atoms with Crippen LogP contribution in [0.25, 0.3) is 0 Å². The first-order valence-corrected chi connectivity index (χ1v) is 8.94. The normalized spacial score (nSPS) is 20.4. The fourth-order valence-electron chi connectivity index (χ4n) is 1.81.